The number of aryl methyl sites for hydroxylation is 3. The Morgan fingerprint density at radius 3 is 1.48 bits per heavy atom. The molecule has 0 spiro atoms. The van der Waals surface area contributed by atoms with E-state index in [0.29, 0.717) is 0 Å². The van der Waals surface area contributed by atoms with Crippen molar-refractivity contribution in [1.29, 1.82) is 0 Å². The molecule has 0 saturated heterocycles. The van der Waals surface area contributed by atoms with Gasteiger partial charge in [-0.3, -0.25) is 4.57 Å². The molecule has 2 aliphatic rings. The highest BCUT2D eigenvalue weighted by atomic mass is 15.2. The normalized spacial score (nSPS) is 14.0. The van der Waals surface area contributed by atoms with E-state index in [-0.39, 0.29) is 33.8 Å². The van der Waals surface area contributed by atoms with Crippen molar-refractivity contribution >= 4 is 68.3 Å². The number of anilines is 6. The van der Waals surface area contributed by atoms with Gasteiger partial charge >= 0.3 is 0 Å². The number of hydrogen-bond donors (Lipinski definition) is 0. The van der Waals surface area contributed by atoms with Gasteiger partial charge in [-0.25, -0.2) is 4.98 Å². The maximum atomic E-state index is 5.96. The Kier molecular flexibility index (Phi) is 11.1. The third-order valence-corrected chi connectivity index (χ3v) is 15.4. The van der Waals surface area contributed by atoms with Crippen LogP contribution in [0.15, 0.2) is 127 Å². The summed E-state index contributed by atoms with van der Waals surface area (Å²) in [5.41, 5.74) is 25.4. The highest BCUT2D eigenvalue weighted by Crippen LogP contribution is 2.50. The van der Waals surface area contributed by atoms with E-state index in [1.54, 1.807) is 0 Å². The van der Waals surface area contributed by atoms with Gasteiger partial charge in [-0.1, -0.05) is 188 Å². The van der Waals surface area contributed by atoms with Crippen LogP contribution in [-0.2, 0) is 27.1 Å². The Labute approximate surface area is 426 Å². The lowest BCUT2D eigenvalue weighted by molar-refractivity contribution is 0.569. The van der Waals surface area contributed by atoms with Gasteiger partial charge in [0.25, 0.3) is 6.71 Å². The molecule has 71 heavy (non-hydrogen) atoms. The summed E-state index contributed by atoms with van der Waals surface area (Å²) in [7, 11) is 0. The van der Waals surface area contributed by atoms with Gasteiger partial charge < -0.3 is 9.80 Å². The number of imidazole rings is 1. The Morgan fingerprint density at radius 1 is 0.408 bits per heavy atom. The number of fused-ring (bicyclic) bond motifs is 6. The number of rotatable bonds is 4. The van der Waals surface area contributed by atoms with E-state index in [9.17, 15) is 0 Å². The molecule has 10 rings (SSSR count). The molecule has 362 valence electrons. The number of hydrogen-bond acceptors (Lipinski definition) is 3. The maximum absolute atomic E-state index is 5.96. The monoisotopic (exact) mass is 935 g/mol. The van der Waals surface area contributed by atoms with E-state index in [2.05, 4.69) is 266 Å². The summed E-state index contributed by atoms with van der Waals surface area (Å²) in [4.78, 5) is 11.2. The summed E-state index contributed by atoms with van der Waals surface area (Å²) in [6, 6.07) is 49.5. The van der Waals surface area contributed by atoms with Crippen molar-refractivity contribution in [2.75, 3.05) is 9.80 Å². The molecule has 0 bridgehead atoms. The lowest BCUT2D eigenvalue weighted by Gasteiger charge is -2.45. The first-order chi connectivity index (χ1) is 33.1. The average Bonchev–Trinajstić information content (AvgIpc) is 3.66. The number of nitrogens with zero attached hydrogens (tertiary/aromatic N) is 4. The van der Waals surface area contributed by atoms with Crippen molar-refractivity contribution in [2.24, 2.45) is 0 Å². The Balaban J connectivity index is 1.41. The van der Waals surface area contributed by atoms with Gasteiger partial charge in [-0.2, -0.15) is 0 Å². The predicted octanol–water partition coefficient (Wildman–Crippen LogP) is 16.2. The van der Waals surface area contributed by atoms with E-state index in [1.165, 1.54) is 89.3 Å². The second-order valence-electron chi connectivity index (χ2n) is 26.1. The average molecular weight is 935 g/mol. The minimum atomic E-state index is -0.163. The standard InChI is InChI=1S/C66H75BN4/c1-40-32-41(2)59(42(3)33-40)71-54-31-29-51-60(58(54)68-61(71)43-22-20-19-21-23-43)70(50-35-46(64(10,11)12)34-47(36-50)65(13,14)15)56-39-48(66(16,17)18)38-55-57(56)67(51)52-37-45(63(7,8)9)26-30-53(52)69(55)49-27-24-44(25-28-49)62(4,5)6/h19-39H,1-18H3. The quantitative estimate of drug-likeness (QED) is 0.164. The van der Waals surface area contributed by atoms with Crippen LogP contribution in [0, 0.1) is 20.8 Å². The molecule has 0 N–H and O–H groups in total. The van der Waals surface area contributed by atoms with Crippen molar-refractivity contribution in [3.63, 3.8) is 0 Å². The molecule has 4 nitrogen and oxygen atoms in total. The first-order valence-electron chi connectivity index (χ1n) is 26.0. The first-order valence-corrected chi connectivity index (χ1v) is 26.0. The molecule has 0 radical (unpaired) electrons. The van der Waals surface area contributed by atoms with E-state index >= 15 is 0 Å². The summed E-state index contributed by atoms with van der Waals surface area (Å²) in [5, 5.41) is 0. The van der Waals surface area contributed by atoms with Gasteiger partial charge in [-0.05, 0) is 152 Å². The fourth-order valence-corrected chi connectivity index (χ4v) is 11.3. The molecule has 7 aromatic carbocycles. The number of aromatic nitrogens is 2. The fourth-order valence-electron chi connectivity index (χ4n) is 11.3. The van der Waals surface area contributed by atoms with Gasteiger partial charge in [-0.15, -0.1) is 0 Å². The molecular formula is C66H75BN4. The highest BCUT2D eigenvalue weighted by molar-refractivity contribution is 7.00. The molecule has 3 heterocycles. The van der Waals surface area contributed by atoms with Crippen LogP contribution in [0.2, 0.25) is 0 Å². The molecule has 0 atom stereocenters. The minimum absolute atomic E-state index is 0.0314. The highest BCUT2D eigenvalue weighted by Gasteiger charge is 2.46. The largest absolute Gasteiger partial charge is 0.311 e. The van der Waals surface area contributed by atoms with Gasteiger partial charge in [0.1, 0.15) is 11.3 Å². The lowest BCUT2D eigenvalue weighted by Crippen LogP contribution is -2.61. The summed E-state index contributed by atoms with van der Waals surface area (Å²) in [6.07, 6.45) is 0. The Bertz CT molecular complexity index is 3350. The van der Waals surface area contributed by atoms with Gasteiger partial charge in [0.15, 0.2) is 0 Å². The smallest absolute Gasteiger partial charge is 0.252 e. The van der Waals surface area contributed by atoms with Crippen molar-refractivity contribution in [3.05, 3.63) is 172 Å². The second-order valence-corrected chi connectivity index (χ2v) is 26.1. The number of benzene rings is 7. The Morgan fingerprint density at radius 2 is 0.930 bits per heavy atom. The summed E-state index contributed by atoms with van der Waals surface area (Å²) in [5.74, 6) is 0.946. The summed E-state index contributed by atoms with van der Waals surface area (Å²) < 4.78 is 2.46. The zero-order chi connectivity index (χ0) is 51.1. The Hall–Kier alpha value is -6.33. The minimum Gasteiger partial charge on any atom is -0.311 e. The van der Waals surface area contributed by atoms with Crippen LogP contribution in [-0.4, -0.2) is 16.3 Å². The van der Waals surface area contributed by atoms with Gasteiger partial charge in [0, 0.05) is 34.0 Å². The summed E-state index contributed by atoms with van der Waals surface area (Å²) >= 11 is 0. The van der Waals surface area contributed by atoms with Crippen LogP contribution >= 0.6 is 0 Å². The molecule has 0 amide bonds. The van der Waals surface area contributed by atoms with E-state index in [0.717, 1.165) is 33.8 Å². The van der Waals surface area contributed by atoms with Crippen LogP contribution in [0.3, 0.4) is 0 Å². The zero-order valence-corrected chi connectivity index (χ0v) is 46.0. The fraction of sp³-hybridized carbons (Fsp3) is 0.348. The van der Waals surface area contributed by atoms with Crippen molar-refractivity contribution in [1.82, 2.24) is 9.55 Å². The van der Waals surface area contributed by atoms with Gasteiger partial charge in [0.2, 0.25) is 0 Å². The van der Waals surface area contributed by atoms with Crippen LogP contribution in [0.25, 0.3) is 28.1 Å². The van der Waals surface area contributed by atoms with Crippen molar-refractivity contribution in [2.45, 2.75) is 152 Å². The third-order valence-electron chi connectivity index (χ3n) is 15.4. The van der Waals surface area contributed by atoms with Gasteiger partial charge in [0.05, 0.1) is 16.9 Å². The molecule has 0 saturated carbocycles. The molecule has 0 fully saturated rings. The molecule has 1 aromatic heterocycles. The van der Waals surface area contributed by atoms with E-state index in [4.69, 9.17) is 4.98 Å². The lowest BCUT2D eigenvalue weighted by atomic mass is 9.33. The molecule has 8 aromatic rings. The first kappa shape index (κ1) is 48.3. The topological polar surface area (TPSA) is 24.3 Å². The molecule has 0 aliphatic carbocycles. The third kappa shape index (κ3) is 8.22. The SMILES string of the molecule is Cc1cc(C)c(-n2c(-c3ccccc3)nc3c4c(ccc32)B2c3cc(C(C)(C)C)ccc3N(c3ccc(C(C)(C)C)cc3)c3cc(C(C)(C)C)cc(c32)N4c2cc(C(C)(C)C)cc(C(C)(C)C)c2)c(C)c1. The van der Waals surface area contributed by atoms with E-state index in [1.807, 2.05) is 0 Å². The second kappa shape index (κ2) is 16.4. The van der Waals surface area contributed by atoms with E-state index < -0.39 is 0 Å². The van der Waals surface area contributed by atoms with Crippen LogP contribution < -0.4 is 26.2 Å². The van der Waals surface area contributed by atoms with Crippen LogP contribution in [0.4, 0.5) is 34.1 Å². The molecular weight excluding hydrogens is 860 g/mol. The molecule has 0 unspecified atom stereocenters. The summed E-state index contributed by atoms with van der Waals surface area (Å²) in [6.45, 7) is 41.8. The molecule has 2 aliphatic heterocycles. The maximum Gasteiger partial charge on any atom is 0.252 e. The zero-order valence-electron chi connectivity index (χ0n) is 46.0. The van der Waals surface area contributed by atoms with Crippen LogP contribution in [0.1, 0.15) is 148 Å². The predicted molar refractivity (Wildman–Crippen MR) is 308 cm³/mol. The van der Waals surface area contributed by atoms with Crippen LogP contribution in [0.5, 0.6) is 0 Å². The molecule has 5 heteroatoms. The van der Waals surface area contributed by atoms with Crippen molar-refractivity contribution in [3.8, 4) is 17.1 Å². The van der Waals surface area contributed by atoms with Crippen molar-refractivity contribution < 1.29 is 0 Å².